The number of pyridine rings is 1. The number of hydrogen-bond donors (Lipinski definition) is 1. The summed E-state index contributed by atoms with van der Waals surface area (Å²) in [5, 5.41) is 16.4. The molecule has 0 radical (unpaired) electrons. The van der Waals surface area contributed by atoms with E-state index in [1.54, 1.807) is 19.9 Å². The van der Waals surface area contributed by atoms with E-state index in [1.807, 2.05) is 42.5 Å². The van der Waals surface area contributed by atoms with E-state index in [4.69, 9.17) is 0 Å². The molecule has 1 N–H and O–H groups in total. The normalized spacial score (nSPS) is 11.5. The van der Waals surface area contributed by atoms with Crippen LogP contribution >= 0.6 is 0 Å². The van der Waals surface area contributed by atoms with Crippen LogP contribution in [0, 0.1) is 17.0 Å². The average Bonchev–Trinajstić information content (AvgIpc) is 2.59. The van der Waals surface area contributed by atoms with Crippen molar-refractivity contribution >= 4 is 28.1 Å². The number of aromatic nitrogens is 1. The Kier molecular flexibility index (Phi) is 4.20. The van der Waals surface area contributed by atoms with E-state index in [0.717, 1.165) is 10.9 Å². The number of rotatable bonds is 4. The van der Waals surface area contributed by atoms with Crippen molar-refractivity contribution in [3.63, 3.8) is 0 Å². The smallest absolute Gasteiger partial charge is 0.261 e. The van der Waals surface area contributed by atoms with E-state index in [2.05, 4.69) is 15.5 Å². The Hall–Kier alpha value is -3.28. The number of hydrazone groups is 1. The van der Waals surface area contributed by atoms with Gasteiger partial charge in [0.05, 0.1) is 16.2 Å². The Morgan fingerprint density at radius 1 is 1.17 bits per heavy atom. The van der Waals surface area contributed by atoms with Crippen molar-refractivity contribution in [1.29, 1.82) is 0 Å². The molecular formula is C18H16N4O2. The van der Waals surface area contributed by atoms with Gasteiger partial charge in [-0.25, -0.2) is 4.98 Å². The van der Waals surface area contributed by atoms with Crippen LogP contribution < -0.4 is 5.43 Å². The highest BCUT2D eigenvalue weighted by Gasteiger charge is 2.12. The van der Waals surface area contributed by atoms with Crippen molar-refractivity contribution in [2.45, 2.75) is 13.8 Å². The highest BCUT2D eigenvalue weighted by Crippen LogP contribution is 2.20. The average molecular weight is 320 g/mol. The minimum Gasteiger partial charge on any atom is -0.261 e. The fourth-order valence-corrected chi connectivity index (χ4v) is 2.37. The molecule has 1 aromatic heterocycles. The first-order chi connectivity index (χ1) is 11.5. The number of benzene rings is 2. The molecule has 24 heavy (non-hydrogen) atoms. The molecule has 3 rings (SSSR count). The van der Waals surface area contributed by atoms with E-state index < -0.39 is 0 Å². The molecule has 3 aromatic rings. The summed E-state index contributed by atoms with van der Waals surface area (Å²) < 4.78 is 0. The zero-order chi connectivity index (χ0) is 17.1. The van der Waals surface area contributed by atoms with Crippen molar-refractivity contribution in [1.82, 2.24) is 4.98 Å². The molecule has 0 atom stereocenters. The topological polar surface area (TPSA) is 80.4 Å². The van der Waals surface area contributed by atoms with Crippen molar-refractivity contribution < 1.29 is 4.92 Å². The Morgan fingerprint density at radius 2 is 1.96 bits per heavy atom. The second-order valence-electron chi connectivity index (χ2n) is 5.46. The number of fused-ring (bicyclic) bond motifs is 1. The predicted molar refractivity (Wildman–Crippen MR) is 95.4 cm³/mol. The minimum absolute atomic E-state index is 0.0888. The van der Waals surface area contributed by atoms with Crippen molar-refractivity contribution in [3.05, 3.63) is 75.8 Å². The third-order valence-electron chi connectivity index (χ3n) is 3.76. The number of para-hydroxylation sites is 1. The molecule has 0 spiro atoms. The molecule has 0 aliphatic heterocycles. The second-order valence-corrected chi connectivity index (χ2v) is 5.46. The lowest BCUT2D eigenvalue weighted by Gasteiger charge is -2.05. The van der Waals surface area contributed by atoms with E-state index >= 15 is 0 Å². The summed E-state index contributed by atoms with van der Waals surface area (Å²) in [6.45, 7) is 3.51. The molecule has 0 amide bonds. The number of aryl methyl sites for hydroxylation is 1. The van der Waals surface area contributed by atoms with E-state index in [1.165, 1.54) is 6.07 Å². The maximum absolute atomic E-state index is 11.0. The molecule has 6 nitrogen and oxygen atoms in total. The zero-order valence-corrected chi connectivity index (χ0v) is 13.4. The van der Waals surface area contributed by atoms with Gasteiger partial charge in [-0.3, -0.25) is 15.5 Å². The zero-order valence-electron chi connectivity index (χ0n) is 13.4. The van der Waals surface area contributed by atoms with Crippen molar-refractivity contribution in [2.75, 3.05) is 5.43 Å². The van der Waals surface area contributed by atoms with E-state index in [9.17, 15) is 10.1 Å². The highest BCUT2D eigenvalue weighted by molar-refractivity contribution is 5.99. The van der Waals surface area contributed by atoms with Crippen LogP contribution in [0.15, 0.2) is 59.7 Å². The molecule has 0 saturated heterocycles. The molecule has 0 unspecified atom stereocenters. The first-order valence-electron chi connectivity index (χ1n) is 7.46. The van der Waals surface area contributed by atoms with Crippen LogP contribution in [0.3, 0.4) is 0 Å². The van der Waals surface area contributed by atoms with Crippen LogP contribution in [-0.2, 0) is 0 Å². The third kappa shape index (κ3) is 3.22. The lowest BCUT2D eigenvalue weighted by molar-refractivity contribution is -0.385. The standard InChI is InChI=1S/C18H16N4O2/c1-12-7-8-15(11-17(12)22(23)24)13(2)20-21-18-10-9-14-5-3-4-6-16(14)19-18/h3-11H,1-2H3,(H,19,21)/b20-13+. The Labute approximate surface area is 139 Å². The van der Waals surface area contributed by atoms with Crippen LogP contribution in [0.4, 0.5) is 11.5 Å². The molecule has 0 aliphatic carbocycles. The quantitative estimate of drug-likeness (QED) is 0.442. The summed E-state index contributed by atoms with van der Waals surface area (Å²) in [4.78, 5) is 15.1. The van der Waals surface area contributed by atoms with Gasteiger partial charge >= 0.3 is 0 Å². The summed E-state index contributed by atoms with van der Waals surface area (Å²) in [5.41, 5.74) is 5.84. The highest BCUT2D eigenvalue weighted by atomic mass is 16.6. The van der Waals surface area contributed by atoms with Gasteiger partial charge in [0, 0.05) is 22.6 Å². The maximum atomic E-state index is 11.0. The number of anilines is 1. The largest absolute Gasteiger partial charge is 0.272 e. The van der Waals surface area contributed by atoms with Gasteiger partial charge in [-0.05, 0) is 32.0 Å². The third-order valence-corrected chi connectivity index (χ3v) is 3.76. The molecule has 0 aliphatic rings. The van der Waals surface area contributed by atoms with Gasteiger partial charge in [0.2, 0.25) is 0 Å². The first-order valence-corrected chi connectivity index (χ1v) is 7.46. The summed E-state index contributed by atoms with van der Waals surface area (Å²) >= 11 is 0. The van der Waals surface area contributed by atoms with Gasteiger partial charge in [0.15, 0.2) is 0 Å². The van der Waals surface area contributed by atoms with Crippen LogP contribution in [0.2, 0.25) is 0 Å². The predicted octanol–water partition coefficient (Wildman–Crippen LogP) is 4.29. The SMILES string of the molecule is C/C(=N\Nc1ccc2ccccc2n1)c1ccc(C)c([N+](=O)[O-])c1. The first kappa shape index (κ1) is 15.6. The lowest BCUT2D eigenvalue weighted by atomic mass is 10.1. The fraction of sp³-hybridized carbons (Fsp3) is 0.111. The fourth-order valence-electron chi connectivity index (χ4n) is 2.37. The van der Waals surface area contributed by atoms with Gasteiger partial charge in [0.25, 0.3) is 5.69 Å². The molecule has 0 saturated carbocycles. The van der Waals surface area contributed by atoms with Gasteiger partial charge < -0.3 is 0 Å². The second kappa shape index (κ2) is 6.45. The molecule has 1 heterocycles. The van der Waals surface area contributed by atoms with Crippen LogP contribution in [0.1, 0.15) is 18.1 Å². The Morgan fingerprint density at radius 3 is 2.75 bits per heavy atom. The van der Waals surface area contributed by atoms with Gasteiger partial charge in [0.1, 0.15) is 5.82 Å². The molecule has 0 fully saturated rings. The van der Waals surface area contributed by atoms with Gasteiger partial charge in [-0.15, -0.1) is 0 Å². The van der Waals surface area contributed by atoms with Crippen LogP contribution in [0.5, 0.6) is 0 Å². The number of nitrogens with one attached hydrogen (secondary N) is 1. The summed E-state index contributed by atoms with van der Waals surface area (Å²) in [7, 11) is 0. The maximum Gasteiger partial charge on any atom is 0.272 e. The molecule has 120 valence electrons. The number of nitro groups is 1. The Balaban J connectivity index is 1.85. The van der Waals surface area contributed by atoms with Crippen LogP contribution in [-0.4, -0.2) is 15.6 Å². The van der Waals surface area contributed by atoms with Gasteiger partial charge in [-0.2, -0.15) is 5.10 Å². The molecule has 6 heteroatoms. The molecule has 0 bridgehead atoms. The molecule has 2 aromatic carbocycles. The van der Waals surface area contributed by atoms with E-state index in [-0.39, 0.29) is 10.6 Å². The Bertz CT molecular complexity index is 951. The van der Waals surface area contributed by atoms with Gasteiger partial charge in [-0.1, -0.05) is 30.3 Å². The summed E-state index contributed by atoms with van der Waals surface area (Å²) in [6, 6.07) is 16.7. The van der Waals surface area contributed by atoms with Crippen molar-refractivity contribution in [2.24, 2.45) is 5.10 Å². The monoisotopic (exact) mass is 320 g/mol. The minimum atomic E-state index is -0.384. The number of hydrogen-bond acceptors (Lipinski definition) is 5. The summed E-state index contributed by atoms with van der Waals surface area (Å²) in [6.07, 6.45) is 0. The molecular weight excluding hydrogens is 304 g/mol. The summed E-state index contributed by atoms with van der Waals surface area (Å²) in [5.74, 6) is 0.620. The van der Waals surface area contributed by atoms with Crippen molar-refractivity contribution in [3.8, 4) is 0 Å². The lowest BCUT2D eigenvalue weighted by Crippen LogP contribution is -2.02. The van der Waals surface area contributed by atoms with E-state index in [0.29, 0.717) is 22.7 Å². The number of nitrogens with zero attached hydrogens (tertiary/aromatic N) is 3. The van der Waals surface area contributed by atoms with Crippen LogP contribution in [0.25, 0.3) is 10.9 Å². The number of nitro benzene ring substituents is 1.